The number of benzene rings is 1. The van der Waals surface area contributed by atoms with Gasteiger partial charge in [0.2, 0.25) is 0 Å². The number of nitrogens with one attached hydrogen (secondary N) is 1. The van der Waals surface area contributed by atoms with Crippen LogP contribution in [-0.2, 0) is 0 Å². The molecule has 104 valence electrons. The van der Waals surface area contributed by atoms with Crippen molar-refractivity contribution in [3.8, 4) is 11.5 Å². The molecule has 1 fully saturated rings. The summed E-state index contributed by atoms with van der Waals surface area (Å²) in [5, 5.41) is 21.6. The highest BCUT2D eigenvalue weighted by atomic mass is 16.3. The topological polar surface area (TPSA) is 69.6 Å². The molecule has 0 heterocycles. The summed E-state index contributed by atoms with van der Waals surface area (Å²) < 4.78 is 0. The molecule has 0 aliphatic heterocycles. The van der Waals surface area contributed by atoms with Crippen LogP contribution in [0.25, 0.3) is 0 Å². The average Bonchev–Trinajstić information content (AvgIpc) is 2.36. The summed E-state index contributed by atoms with van der Waals surface area (Å²) in [5.74, 6) is -0.457. The van der Waals surface area contributed by atoms with Crippen LogP contribution >= 0.6 is 0 Å². The van der Waals surface area contributed by atoms with Gasteiger partial charge >= 0.3 is 0 Å². The molecule has 4 heteroatoms. The number of phenols is 2. The van der Waals surface area contributed by atoms with E-state index in [4.69, 9.17) is 0 Å². The maximum absolute atomic E-state index is 12.0. The van der Waals surface area contributed by atoms with Crippen molar-refractivity contribution in [3.63, 3.8) is 0 Å². The van der Waals surface area contributed by atoms with Gasteiger partial charge in [0.1, 0.15) is 11.5 Å². The van der Waals surface area contributed by atoms with Crippen molar-refractivity contribution in [1.82, 2.24) is 5.32 Å². The highest BCUT2D eigenvalue weighted by Gasteiger charge is 2.27. The number of hydrogen-bond acceptors (Lipinski definition) is 3. The van der Waals surface area contributed by atoms with E-state index in [1.165, 1.54) is 37.5 Å². The monoisotopic (exact) mass is 263 g/mol. The Labute approximate surface area is 113 Å². The molecule has 0 aromatic heterocycles. The molecule has 0 bridgehead atoms. The minimum atomic E-state index is -0.252. The van der Waals surface area contributed by atoms with Crippen LogP contribution in [0.4, 0.5) is 0 Å². The Bertz CT molecular complexity index is 444. The fourth-order valence-electron chi connectivity index (χ4n) is 2.70. The standard InChI is InChI=1S/C15H21NO3/c1-15(5-3-2-4-6-15)10-16-14(19)11-7-12(17)9-13(18)8-11/h7-9,17-18H,2-6,10H2,1H3,(H,16,19). The summed E-state index contributed by atoms with van der Waals surface area (Å²) in [6.07, 6.45) is 6.00. The lowest BCUT2D eigenvalue weighted by Crippen LogP contribution is -2.37. The summed E-state index contributed by atoms with van der Waals surface area (Å²) >= 11 is 0. The summed E-state index contributed by atoms with van der Waals surface area (Å²) in [6, 6.07) is 3.93. The highest BCUT2D eigenvalue weighted by molar-refractivity contribution is 5.95. The molecular formula is C15H21NO3. The van der Waals surface area contributed by atoms with Gasteiger partial charge in [-0.05, 0) is 30.4 Å². The van der Waals surface area contributed by atoms with Gasteiger partial charge in [-0.25, -0.2) is 0 Å². The van der Waals surface area contributed by atoms with Gasteiger partial charge < -0.3 is 15.5 Å². The van der Waals surface area contributed by atoms with Crippen molar-refractivity contribution in [1.29, 1.82) is 0 Å². The van der Waals surface area contributed by atoms with Crippen molar-refractivity contribution >= 4 is 5.91 Å². The molecule has 1 aliphatic rings. The van der Waals surface area contributed by atoms with Crippen LogP contribution in [-0.4, -0.2) is 22.7 Å². The molecule has 3 N–H and O–H groups in total. The SMILES string of the molecule is CC1(CNC(=O)c2cc(O)cc(O)c2)CCCCC1. The Kier molecular flexibility index (Phi) is 3.98. The second-order valence-corrected chi connectivity index (χ2v) is 5.79. The Hall–Kier alpha value is -1.71. The minimum absolute atomic E-state index is 0.103. The summed E-state index contributed by atoms with van der Waals surface area (Å²) in [6.45, 7) is 2.84. The average molecular weight is 263 g/mol. The maximum Gasteiger partial charge on any atom is 0.251 e. The van der Waals surface area contributed by atoms with Crippen molar-refractivity contribution in [2.45, 2.75) is 39.0 Å². The van der Waals surface area contributed by atoms with Gasteiger partial charge in [0, 0.05) is 18.2 Å². The number of rotatable bonds is 3. The van der Waals surface area contributed by atoms with Gasteiger partial charge in [0.15, 0.2) is 0 Å². The zero-order chi connectivity index (χ0) is 13.9. The van der Waals surface area contributed by atoms with Gasteiger partial charge in [-0.1, -0.05) is 26.2 Å². The third-order valence-electron chi connectivity index (χ3n) is 3.90. The van der Waals surface area contributed by atoms with E-state index in [0.717, 1.165) is 12.8 Å². The van der Waals surface area contributed by atoms with Crippen molar-refractivity contribution < 1.29 is 15.0 Å². The van der Waals surface area contributed by atoms with Crippen LogP contribution in [0, 0.1) is 5.41 Å². The Balaban J connectivity index is 1.97. The Morgan fingerprint density at radius 2 is 1.74 bits per heavy atom. The molecular weight excluding hydrogens is 242 g/mol. The number of aromatic hydroxyl groups is 2. The van der Waals surface area contributed by atoms with Crippen LogP contribution in [0.5, 0.6) is 11.5 Å². The zero-order valence-corrected chi connectivity index (χ0v) is 11.3. The van der Waals surface area contributed by atoms with Crippen molar-refractivity contribution in [2.75, 3.05) is 6.54 Å². The molecule has 0 radical (unpaired) electrons. The summed E-state index contributed by atoms with van der Waals surface area (Å²) in [7, 11) is 0. The number of hydrogen-bond donors (Lipinski definition) is 3. The predicted molar refractivity (Wildman–Crippen MR) is 73.3 cm³/mol. The third kappa shape index (κ3) is 3.63. The highest BCUT2D eigenvalue weighted by Crippen LogP contribution is 2.35. The molecule has 1 aromatic carbocycles. The number of carbonyl (C=O) groups excluding carboxylic acids is 1. The fourth-order valence-corrected chi connectivity index (χ4v) is 2.70. The van der Waals surface area contributed by atoms with E-state index in [0.29, 0.717) is 6.54 Å². The van der Waals surface area contributed by atoms with Gasteiger partial charge in [-0.2, -0.15) is 0 Å². The maximum atomic E-state index is 12.0. The molecule has 1 amide bonds. The van der Waals surface area contributed by atoms with Crippen LogP contribution in [0.3, 0.4) is 0 Å². The lowest BCUT2D eigenvalue weighted by molar-refractivity contribution is 0.0918. The predicted octanol–water partition coefficient (Wildman–Crippen LogP) is 2.80. The summed E-state index contributed by atoms with van der Waals surface area (Å²) in [4.78, 5) is 12.0. The lowest BCUT2D eigenvalue weighted by Gasteiger charge is -2.33. The van der Waals surface area contributed by atoms with Gasteiger partial charge in [0.05, 0.1) is 0 Å². The minimum Gasteiger partial charge on any atom is -0.508 e. The van der Waals surface area contributed by atoms with Gasteiger partial charge in [-0.15, -0.1) is 0 Å². The van der Waals surface area contributed by atoms with E-state index in [1.807, 2.05) is 0 Å². The molecule has 2 rings (SSSR count). The van der Waals surface area contributed by atoms with E-state index in [9.17, 15) is 15.0 Å². The largest absolute Gasteiger partial charge is 0.508 e. The lowest BCUT2D eigenvalue weighted by atomic mass is 9.76. The molecule has 1 aliphatic carbocycles. The summed E-state index contributed by atoms with van der Waals surface area (Å²) in [5.41, 5.74) is 0.462. The molecule has 0 spiro atoms. The fraction of sp³-hybridized carbons (Fsp3) is 0.533. The van der Waals surface area contributed by atoms with E-state index in [1.54, 1.807) is 0 Å². The Morgan fingerprint density at radius 3 is 2.32 bits per heavy atom. The first-order valence-electron chi connectivity index (χ1n) is 6.80. The first-order chi connectivity index (χ1) is 8.98. The quantitative estimate of drug-likeness (QED) is 0.785. The molecule has 1 aromatic rings. The van der Waals surface area contributed by atoms with Crippen molar-refractivity contribution in [2.24, 2.45) is 5.41 Å². The van der Waals surface area contributed by atoms with Crippen LogP contribution in [0.15, 0.2) is 18.2 Å². The Morgan fingerprint density at radius 1 is 1.16 bits per heavy atom. The van der Waals surface area contributed by atoms with Crippen molar-refractivity contribution in [3.05, 3.63) is 23.8 Å². The molecule has 19 heavy (non-hydrogen) atoms. The molecule has 0 atom stereocenters. The van der Waals surface area contributed by atoms with Crippen LogP contribution in [0.1, 0.15) is 49.4 Å². The number of phenolic OH excluding ortho intramolecular Hbond substituents is 2. The molecule has 0 unspecified atom stereocenters. The number of carbonyl (C=O) groups is 1. The molecule has 4 nitrogen and oxygen atoms in total. The normalized spacial score (nSPS) is 17.9. The van der Waals surface area contributed by atoms with E-state index >= 15 is 0 Å². The molecule has 1 saturated carbocycles. The van der Waals surface area contributed by atoms with Crippen LogP contribution < -0.4 is 5.32 Å². The first kappa shape index (κ1) is 13.7. The first-order valence-corrected chi connectivity index (χ1v) is 6.80. The third-order valence-corrected chi connectivity index (χ3v) is 3.90. The second-order valence-electron chi connectivity index (χ2n) is 5.79. The number of amides is 1. The molecule has 0 saturated heterocycles. The zero-order valence-electron chi connectivity index (χ0n) is 11.3. The van der Waals surface area contributed by atoms with E-state index < -0.39 is 0 Å². The van der Waals surface area contributed by atoms with Crippen LogP contribution in [0.2, 0.25) is 0 Å². The second kappa shape index (κ2) is 5.51. The van der Waals surface area contributed by atoms with Gasteiger partial charge in [0.25, 0.3) is 5.91 Å². The van der Waals surface area contributed by atoms with Gasteiger partial charge in [-0.3, -0.25) is 4.79 Å². The smallest absolute Gasteiger partial charge is 0.251 e. The van der Waals surface area contributed by atoms with E-state index in [-0.39, 0.29) is 28.4 Å². The van der Waals surface area contributed by atoms with E-state index in [2.05, 4.69) is 12.2 Å².